The lowest BCUT2D eigenvalue weighted by Crippen LogP contribution is -2.02. The molecule has 0 radical (unpaired) electrons. The molecule has 2 aromatic rings. The molecule has 0 aliphatic heterocycles. The predicted octanol–water partition coefficient (Wildman–Crippen LogP) is 3.88. The van der Waals surface area contributed by atoms with E-state index in [1.165, 1.54) is 0 Å². The van der Waals surface area contributed by atoms with E-state index in [2.05, 4.69) is 16.5 Å². The number of nitrogens with zero attached hydrogens (tertiary/aromatic N) is 2. The van der Waals surface area contributed by atoms with Crippen molar-refractivity contribution in [3.05, 3.63) is 29.0 Å². The minimum absolute atomic E-state index is 0.674. The quantitative estimate of drug-likeness (QED) is 0.760. The van der Waals surface area contributed by atoms with Gasteiger partial charge in [0.05, 0.1) is 11.0 Å². The second kappa shape index (κ2) is 5.07. The van der Waals surface area contributed by atoms with Gasteiger partial charge in [0.1, 0.15) is 5.82 Å². The zero-order valence-electron chi connectivity index (χ0n) is 9.21. The van der Waals surface area contributed by atoms with Crippen molar-refractivity contribution in [2.75, 3.05) is 5.88 Å². The molecule has 2 nitrogen and oxygen atoms in total. The molecule has 0 amide bonds. The van der Waals surface area contributed by atoms with Crippen LogP contribution in [0.15, 0.2) is 18.2 Å². The number of benzene rings is 1. The summed E-state index contributed by atoms with van der Waals surface area (Å²) in [5.74, 6) is 1.77. The Morgan fingerprint density at radius 3 is 2.88 bits per heavy atom. The maximum Gasteiger partial charge on any atom is 0.109 e. The first-order chi connectivity index (χ1) is 7.76. The minimum Gasteiger partial charge on any atom is -0.328 e. The summed E-state index contributed by atoms with van der Waals surface area (Å²) < 4.78 is 2.20. The standard InChI is InChI=1S/C12H14Cl2N2/c1-2-16-11-8-9(14)5-6-10(11)15-12(16)4-3-7-13/h5-6,8H,2-4,7H2,1H3. The van der Waals surface area contributed by atoms with Crippen LogP contribution in [0.4, 0.5) is 0 Å². The number of fused-ring (bicyclic) bond motifs is 1. The van der Waals surface area contributed by atoms with Crippen LogP contribution >= 0.6 is 23.2 Å². The van der Waals surface area contributed by atoms with Crippen molar-refractivity contribution in [1.29, 1.82) is 0 Å². The Labute approximate surface area is 105 Å². The molecule has 0 aliphatic rings. The Morgan fingerprint density at radius 1 is 1.38 bits per heavy atom. The van der Waals surface area contributed by atoms with E-state index < -0.39 is 0 Å². The zero-order chi connectivity index (χ0) is 11.5. The van der Waals surface area contributed by atoms with Crippen molar-refractivity contribution in [2.24, 2.45) is 0 Å². The summed E-state index contributed by atoms with van der Waals surface area (Å²) in [5, 5.41) is 0.756. The zero-order valence-corrected chi connectivity index (χ0v) is 10.7. The number of rotatable bonds is 4. The Hall–Kier alpha value is -0.730. The number of alkyl halides is 1. The second-order valence-corrected chi connectivity index (χ2v) is 4.51. The number of aryl methyl sites for hydroxylation is 2. The number of aromatic nitrogens is 2. The molecule has 0 bridgehead atoms. The minimum atomic E-state index is 0.674. The smallest absolute Gasteiger partial charge is 0.109 e. The van der Waals surface area contributed by atoms with Crippen molar-refractivity contribution >= 4 is 34.2 Å². The van der Waals surface area contributed by atoms with Crippen LogP contribution in [0.3, 0.4) is 0 Å². The van der Waals surface area contributed by atoms with Gasteiger partial charge in [0.2, 0.25) is 0 Å². The normalized spacial score (nSPS) is 11.2. The van der Waals surface area contributed by atoms with Crippen molar-refractivity contribution < 1.29 is 0 Å². The third kappa shape index (κ3) is 2.18. The summed E-state index contributed by atoms with van der Waals surface area (Å²) in [4.78, 5) is 4.61. The average molecular weight is 257 g/mol. The number of halogens is 2. The van der Waals surface area contributed by atoms with Crippen LogP contribution in [-0.2, 0) is 13.0 Å². The van der Waals surface area contributed by atoms with Crippen LogP contribution in [0.2, 0.25) is 5.02 Å². The Bertz CT molecular complexity index is 491. The van der Waals surface area contributed by atoms with Gasteiger partial charge in [0.25, 0.3) is 0 Å². The van der Waals surface area contributed by atoms with E-state index in [0.717, 1.165) is 41.3 Å². The highest BCUT2D eigenvalue weighted by molar-refractivity contribution is 6.31. The fraction of sp³-hybridized carbons (Fsp3) is 0.417. The van der Waals surface area contributed by atoms with Gasteiger partial charge in [-0.3, -0.25) is 0 Å². The molecule has 1 aromatic carbocycles. The first-order valence-electron chi connectivity index (χ1n) is 5.47. The largest absolute Gasteiger partial charge is 0.328 e. The van der Waals surface area contributed by atoms with Crippen molar-refractivity contribution in [3.63, 3.8) is 0 Å². The van der Waals surface area contributed by atoms with Gasteiger partial charge >= 0.3 is 0 Å². The van der Waals surface area contributed by atoms with Gasteiger partial charge in [-0.25, -0.2) is 4.98 Å². The van der Waals surface area contributed by atoms with Gasteiger partial charge in [-0.1, -0.05) is 11.6 Å². The Kier molecular flexibility index (Phi) is 3.72. The molecule has 4 heteroatoms. The van der Waals surface area contributed by atoms with Crippen molar-refractivity contribution in [1.82, 2.24) is 9.55 Å². The van der Waals surface area contributed by atoms with E-state index in [9.17, 15) is 0 Å². The van der Waals surface area contributed by atoms with Gasteiger partial charge in [0.15, 0.2) is 0 Å². The SMILES string of the molecule is CCn1c(CCCCl)nc2ccc(Cl)cc21. The van der Waals surface area contributed by atoms with Gasteiger partial charge in [-0.2, -0.15) is 0 Å². The third-order valence-corrected chi connectivity index (χ3v) is 3.14. The maximum absolute atomic E-state index is 6.00. The fourth-order valence-corrected chi connectivity index (χ4v) is 2.21. The molecule has 0 saturated heterocycles. The molecule has 0 spiro atoms. The van der Waals surface area contributed by atoms with Crippen LogP contribution in [0.5, 0.6) is 0 Å². The summed E-state index contributed by atoms with van der Waals surface area (Å²) >= 11 is 11.7. The van der Waals surface area contributed by atoms with Gasteiger partial charge < -0.3 is 4.57 Å². The monoisotopic (exact) mass is 256 g/mol. The molecule has 86 valence electrons. The van der Waals surface area contributed by atoms with Crippen molar-refractivity contribution in [3.8, 4) is 0 Å². The van der Waals surface area contributed by atoms with Crippen LogP contribution in [0.1, 0.15) is 19.2 Å². The molecule has 0 unspecified atom stereocenters. The van der Waals surface area contributed by atoms with Crippen LogP contribution in [0.25, 0.3) is 11.0 Å². The Balaban J connectivity index is 2.49. The summed E-state index contributed by atoms with van der Waals surface area (Å²) in [5.41, 5.74) is 2.12. The molecule has 0 saturated carbocycles. The van der Waals surface area contributed by atoms with E-state index in [1.807, 2.05) is 18.2 Å². The summed E-state index contributed by atoms with van der Waals surface area (Å²) in [6.07, 6.45) is 1.88. The van der Waals surface area contributed by atoms with Crippen LogP contribution in [0, 0.1) is 0 Å². The van der Waals surface area contributed by atoms with Gasteiger partial charge in [0, 0.05) is 23.9 Å². The molecule has 16 heavy (non-hydrogen) atoms. The summed E-state index contributed by atoms with van der Waals surface area (Å²) in [6.45, 7) is 3.03. The van der Waals surface area contributed by atoms with Crippen LogP contribution in [-0.4, -0.2) is 15.4 Å². The summed E-state index contributed by atoms with van der Waals surface area (Å²) in [6, 6.07) is 5.81. The highest BCUT2D eigenvalue weighted by Gasteiger charge is 2.09. The lowest BCUT2D eigenvalue weighted by atomic mass is 10.3. The molecule has 2 rings (SSSR count). The topological polar surface area (TPSA) is 17.8 Å². The molecular formula is C12H14Cl2N2. The van der Waals surface area contributed by atoms with E-state index in [-0.39, 0.29) is 0 Å². The third-order valence-electron chi connectivity index (χ3n) is 2.64. The lowest BCUT2D eigenvalue weighted by molar-refractivity contribution is 0.702. The molecule has 0 fully saturated rings. The second-order valence-electron chi connectivity index (χ2n) is 3.70. The van der Waals surface area contributed by atoms with E-state index in [4.69, 9.17) is 23.2 Å². The summed E-state index contributed by atoms with van der Waals surface area (Å²) in [7, 11) is 0. The fourth-order valence-electron chi connectivity index (χ4n) is 1.91. The van der Waals surface area contributed by atoms with E-state index in [0.29, 0.717) is 5.88 Å². The number of hydrogen-bond donors (Lipinski definition) is 0. The van der Waals surface area contributed by atoms with Gasteiger partial charge in [-0.15, -0.1) is 11.6 Å². The molecule has 1 heterocycles. The molecule has 0 aliphatic carbocycles. The van der Waals surface area contributed by atoms with Crippen molar-refractivity contribution in [2.45, 2.75) is 26.3 Å². The maximum atomic E-state index is 6.00. The first-order valence-corrected chi connectivity index (χ1v) is 6.38. The number of hydrogen-bond acceptors (Lipinski definition) is 1. The van der Waals surface area contributed by atoms with Gasteiger partial charge in [-0.05, 0) is 31.5 Å². The van der Waals surface area contributed by atoms with E-state index in [1.54, 1.807) is 0 Å². The average Bonchev–Trinajstić information content (AvgIpc) is 2.63. The Morgan fingerprint density at radius 2 is 2.19 bits per heavy atom. The first kappa shape index (κ1) is 11.7. The molecule has 0 N–H and O–H groups in total. The highest BCUT2D eigenvalue weighted by atomic mass is 35.5. The van der Waals surface area contributed by atoms with Crippen LogP contribution < -0.4 is 0 Å². The lowest BCUT2D eigenvalue weighted by Gasteiger charge is -2.04. The number of imidazole rings is 1. The molecular weight excluding hydrogens is 243 g/mol. The molecule has 0 atom stereocenters. The highest BCUT2D eigenvalue weighted by Crippen LogP contribution is 2.21. The van der Waals surface area contributed by atoms with E-state index >= 15 is 0 Å². The molecule has 1 aromatic heterocycles. The predicted molar refractivity (Wildman–Crippen MR) is 69.5 cm³/mol.